The number of halogens is 5. The molecule has 0 saturated heterocycles. The van der Waals surface area contributed by atoms with Gasteiger partial charge in [0.1, 0.15) is 12.2 Å². The van der Waals surface area contributed by atoms with E-state index in [0.717, 1.165) is 0 Å². The molecule has 45 heavy (non-hydrogen) atoms. The van der Waals surface area contributed by atoms with Crippen molar-refractivity contribution in [3.63, 3.8) is 0 Å². The molecule has 2 aliphatic carbocycles. The number of alkyl halides is 5. The molecule has 1 aromatic carbocycles. The normalized spacial score (nSPS) is 22.9. The molecule has 3 aliphatic rings. The molecule has 3 heterocycles. The number of rotatable bonds is 8. The lowest BCUT2D eigenvalue weighted by Crippen LogP contribution is -2.29. The van der Waals surface area contributed by atoms with Crippen molar-refractivity contribution in [2.45, 2.75) is 89.6 Å². The molecule has 0 bridgehead atoms. The maximum atomic E-state index is 14.2. The number of fused-ring (bicyclic) bond motifs is 2. The standard InChI is InChI=1S/C30H31F5N4O6/c1-3-41-28(40)17-7-10-20(11-8-17)43-23-6-4-5-21-26(23)39(38-27(21)29(31,32)33)19-14-25(37-36-15-19)42-16(2)18-9-12-22-24(13-18)45-30(34,35)44-22/h9,12-17,20,23H,3-8,10-11H2,1-2H3/t16-,17?,20?,23-/m0/s1. The molecule has 0 unspecified atom stereocenters. The van der Waals surface area contributed by atoms with Gasteiger partial charge in [0.05, 0.1) is 36.2 Å². The van der Waals surface area contributed by atoms with Crippen LogP contribution in [0, 0.1) is 5.92 Å². The SMILES string of the molecule is CCOC(=O)C1CCC(O[C@H]2CCCc3c(C(F)(F)F)nn(-c4cnnc(O[C@@H](C)c5ccc6c(c5)OC(F)(F)O6)c4)c32)CC1. The molecule has 1 saturated carbocycles. The molecule has 2 atom stereocenters. The molecule has 3 aromatic rings. The van der Waals surface area contributed by atoms with Gasteiger partial charge in [-0.2, -0.15) is 23.4 Å². The number of benzene rings is 1. The minimum Gasteiger partial charge on any atom is -0.469 e. The number of aromatic nitrogens is 4. The Morgan fingerprint density at radius 1 is 1.11 bits per heavy atom. The van der Waals surface area contributed by atoms with Crippen molar-refractivity contribution in [2.24, 2.45) is 5.92 Å². The fourth-order valence-electron chi connectivity index (χ4n) is 6.10. The molecule has 242 valence electrons. The quantitative estimate of drug-likeness (QED) is 0.198. The Morgan fingerprint density at radius 2 is 1.87 bits per heavy atom. The van der Waals surface area contributed by atoms with Crippen molar-refractivity contribution < 1.29 is 50.4 Å². The highest BCUT2D eigenvalue weighted by molar-refractivity contribution is 5.72. The Kier molecular flexibility index (Phi) is 8.31. The van der Waals surface area contributed by atoms with Gasteiger partial charge in [0, 0.05) is 11.6 Å². The van der Waals surface area contributed by atoms with Crippen molar-refractivity contribution in [2.75, 3.05) is 6.61 Å². The molecule has 15 heteroatoms. The third-order valence-electron chi connectivity index (χ3n) is 8.20. The lowest BCUT2D eigenvalue weighted by molar-refractivity contribution is -0.286. The van der Waals surface area contributed by atoms with Crippen molar-refractivity contribution in [3.8, 4) is 23.1 Å². The third-order valence-corrected chi connectivity index (χ3v) is 8.20. The van der Waals surface area contributed by atoms with Gasteiger partial charge >= 0.3 is 18.4 Å². The van der Waals surface area contributed by atoms with E-state index in [1.165, 1.54) is 35.1 Å². The van der Waals surface area contributed by atoms with E-state index in [2.05, 4.69) is 24.8 Å². The summed E-state index contributed by atoms with van der Waals surface area (Å²) in [5.74, 6) is -0.745. The van der Waals surface area contributed by atoms with Crippen LogP contribution in [0.3, 0.4) is 0 Å². The number of nitrogens with zero attached hydrogens (tertiary/aromatic N) is 4. The second-order valence-corrected chi connectivity index (χ2v) is 11.3. The molecule has 0 amide bonds. The number of hydrogen-bond donors (Lipinski definition) is 0. The first kappa shape index (κ1) is 31.0. The molecule has 0 N–H and O–H groups in total. The summed E-state index contributed by atoms with van der Waals surface area (Å²) in [6.07, 6.45) is -5.31. The van der Waals surface area contributed by atoms with E-state index in [9.17, 15) is 26.7 Å². The van der Waals surface area contributed by atoms with Crippen LogP contribution in [-0.4, -0.2) is 45.0 Å². The Labute approximate surface area is 254 Å². The average molecular weight is 639 g/mol. The average Bonchev–Trinajstić information content (AvgIpc) is 3.54. The highest BCUT2D eigenvalue weighted by atomic mass is 19.4. The molecule has 0 spiro atoms. The summed E-state index contributed by atoms with van der Waals surface area (Å²) in [4.78, 5) is 12.2. The Hall–Kier alpha value is -4.01. The zero-order valence-corrected chi connectivity index (χ0v) is 24.5. The van der Waals surface area contributed by atoms with Crippen molar-refractivity contribution in [1.82, 2.24) is 20.0 Å². The maximum absolute atomic E-state index is 14.2. The molecule has 6 rings (SSSR count). The van der Waals surface area contributed by atoms with Crippen LogP contribution in [0.25, 0.3) is 5.69 Å². The summed E-state index contributed by atoms with van der Waals surface area (Å²) < 4.78 is 97.0. The van der Waals surface area contributed by atoms with E-state index in [4.69, 9.17) is 14.2 Å². The van der Waals surface area contributed by atoms with Gasteiger partial charge in [0.25, 0.3) is 0 Å². The number of carbonyl (C=O) groups excluding carboxylic acids is 1. The fraction of sp³-hybridized carbons (Fsp3) is 0.533. The minimum atomic E-state index is -4.70. The topological polar surface area (TPSA) is 107 Å². The van der Waals surface area contributed by atoms with Gasteiger partial charge in [0.2, 0.25) is 5.88 Å². The van der Waals surface area contributed by atoms with Crippen LogP contribution >= 0.6 is 0 Å². The molecule has 2 aromatic heterocycles. The molecule has 1 aliphatic heterocycles. The van der Waals surface area contributed by atoms with E-state index in [1.54, 1.807) is 13.8 Å². The highest BCUT2D eigenvalue weighted by Gasteiger charge is 2.44. The molecule has 10 nitrogen and oxygen atoms in total. The summed E-state index contributed by atoms with van der Waals surface area (Å²) in [5.41, 5.74) is 0.0326. The second kappa shape index (κ2) is 12.1. The van der Waals surface area contributed by atoms with Crippen molar-refractivity contribution >= 4 is 5.97 Å². The van der Waals surface area contributed by atoms with Crippen molar-refractivity contribution in [3.05, 3.63) is 53.0 Å². The van der Waals surface area contributed by atoms with E-state index in [0.29, 0.717) is 56.4 Å². The third kappa shape index (κ3) is 6.53. The Bertz CT molecular complexity index is 1560. The van der Waals surface area contributed by atoms with Gasteiger partial charge in [-0.25, -0.2) is 4.68 Å². The smallest absolute Gasteiger partial charge is 0.469 e. The largest absolute Gasteiger partial charge is 0.586 e. The number of carbonyl (C=O) groups is 1. The van der Waals surface area contributed by atoms with E-state index < -0.39 is 30.4 Å². The summed E-state index contributed by atoms with van der Waals surface area (Å²) >= 11 is 0. The zero-order chi connectivity index (χ0) is 31.9. The van der Waals surface area contributed by atoms with Crippen molar-refractivity contribution in [1.29, 1.82) is 0 Å². The summed E-state index contributed by atoms with van der Waals surface area (Å²) in [7, 11) is 0. The van der Waals surface area contributed by atoms with Gasteiger partial charge in [-0.05, 0) is 76.5 Å². The van der Waals surface area contributed by atoms with Crippen LogP contribution < -0.4 is 14.2 Å². The number of ether oxygens (including phenoxy) is 5. The zero-order valence-electron chi connectivity index (χ0n) is 24.5. The first-order valence-electron chi connectivity index (χ1n) is 14.8. The van der Waals surface area contributed by atoms with Gasteiger partial charge in [-0.3, -0.25) is 4.79 Å². The van der Waals surface area contributed by atoms with Crippen LogP contribution in [0.5, 0.6) is 17.4 Å². The predicted molar refractivity (Wildman–Crippen MR) is 145 cm³/mol. The fourth-order valence-corrected chi connectivity index (χ4v) is 6.10. The lowest BCUT2D eigenvalue weighted by atomic mass is 9.86. The lowest BCUT2D eigenvalue weighted by Gasteiger charge is -2.32. The van der Waals surface area contributed by atoms with E-state index in [1.807, 2.05) is 0 Å². The molecular formula is C30H31F5N4O6. The summed E-state index contributed by atoms with van der Waals surface area (Å²) in [6, 6.07) is 5.60. The van der Waals surface area contributed by atoms with Crippen LogP contribution in [-0.2, 0) is 26.9 Å². The summed E-state index contributed by atoms with van der Waals surface area (Å²) in [5, 5.41) is 11.9. The number of esters is 1. The van der Waals surface area contributed by atoms with Gasteiger partial charge in [0.15, 0.2) is 17.2 Å². The minimum absolute atomic E-state index is 0.0219. The van der Waals surface area contributed by atoms with Crippen LogP contribution in [0.2, 0.25) is 0 Å². The van der Waals surface area contributed by atoms with Crippen LogP contribution in [0.4, 0.5) is 22.0 Å². The summed E-state index contributed by atoms with van der Waals surface area (Å²) in [6.45, 7) is 3.70. The van der Waals surface area contributed by atoms with E-state index >= 15 is 0 Å². The molecular weight excluding hydrogens is 607 g/mol. The van der Waals surface area contributed by atoms with Gasteiger partial charge in [-0.1, -0.05) is 6.07 Å². The van der Waals surface area contributed by atoms with Gasteiger partial charge in [-0.15, -0.1) is 13.9 Å². The highest BCUT2D eigenvalue weighted by Crippen LogP contribution is 2.44. The molecule has 0 radical (unpaired) electrons. The van der Waals surface area contributed by atoms with Crippen LogP contribution in [0.15, 0.2) is 30.5 Å². The first-order valence-corrected chi connectivity index (χ1v) is 14.8. The van der Waals surface area contributed by atoms with Gasteiger partial charge < -0.3 is 23.7 Å². The number of hydrogen-bond acceptors (Lipinski definition) is 9. The predicted octanol–water partition coefficient (Wildman–Crippen LogP) is 6.66. The first-order chi connectivity index (χ1) is 21.4. The van der Waals surface area contributed by atoms with E-state index in [-0.39, 0.29) is 53.0 Å². The monoisotopic (exact) mass is 638 g/mol. The Balaban J connectivity index is 1.24. The molecule has 1 fully saturated rings. The van der Waals surface area contributed by atoms with Crippen LogP contribution in [0.1, 0.15) is 87.1 Å². The Morgan fingerprint density at radius 3 is 2.60 bits per heavy atom. The second-order valence-electron chi connectivity index (χ2n) is 11.3. The maximum Gasteiger partial charge on any atom is 0.586 e.